The summed E-state index contributed by atoms with van der Waals surface area (Å²) in [6.07, 6.45) is 0. The summed E-state index contributed by atoms with van der Waals surface area (Å²) in [6, 6.07) is 4.43. The molecule has 0 unspecified atom stereocenters. The topological polar surface area (TPSA) is 59.2 Å². The van der Waals surface area contributed by atoms with Gasteiger partial charge < -0.3 is 10.6 Å². The lowest BCUT2D eigenvalue weighted by Gasteiger charge is -2.17. The highest BCUT2D eigenvalue weighted by Crippen LogP contribution is 2.24. The van der Waals surface area contributed by atoms with Crippen molar-refractivity contribution in [1.82, 2.24) is 9.88 Å². The number of anilines is 1. The van der Waals surface area contributed by atoms with E-state index in [1.165, 1.54) is 17.0 Å². The Hall–Kier alpha value is -1.66. The number of thiazole rings is 1. The first kappa shape index (κ1) is 14.7. The number of hydrogen-bond donors (Lipinski definition) is 1. The zero-order valence-corrected chi connectivity index (χ0v) is 12.6. The van der Waals surface area contributed by atoms with Crippen LogP contribution < -0.4 is 5.73 Å². The Morgan fingerprint density at radius 2 is 2.25 bits per heavy atom. The molecule has 2 rings (SSSR count). The van der Waals surface area contributed by atoms with Crippen LogP contribution >= 0.6 is 22.9 Å². The fourth-order valence-corrected chi connectivity index (χ4v) is 2.83. The second-order valence-corrected chi connectivity index (χ2v) is 5.77. The number of rotatable bonds is 3. The van der Waals surface area contributed by atoms with Gasteiger partial charge in [-0.15, -0.1) is 0 Å². The number of hydrogen-bond acceptors (Lipinski definition) is 4. The minimum Gasteiger partial charge on any atom is -0.375 e. The van der Waals surface area contributed by atoms with Crippen LogP contribution in [0, 0.1) is 12.7 Å². The number of nitrogens with two attached hydrogens (primary N) is 1. The summed E-state index contributed by atoms with van der Waals surface area (Å²) in [5.74, 6) is -0.686. The van der Waals surface area contributed by atoms with E-state index in [4.69, 9.17) is 17.3 Å². The third-order valence-electron chi connectivity index (χ3n) is 2.81. The van der Waals surface area contributed by atoms with Crippen LogP contribution in [0.15, 0.2) is 18.2 Å². The summed E-state index contributed by atoms with van der Waals surface area (Å²) in [4.78, 5) is 18.1. The zero-order chi connectivity index (χ0) is 14.9. The Morgan fingerprint density at radius 1 is 1.55 bits per heavy atom. The summed E-state index contributed by atoms with van der Waals surface area (Å²) < 4.78 is 13.7. The first-order valence-corrected chi connectivity index (χ1v) is 7.01. The molecule has 0 atom stereocenters. The maximum Gasteiger partial charge on any atom is 0.265 e. The number of nitrogen functional groups attached to an aromatic ring is 1. The zero-order valence-electron chi connectivity index (χ0n) is 11.0. The smallest absolute Gasteiger partial charge is 0.265 e. The molecule has 0 bridgehead atoms. The molecule has 2 aromatic rings. The van der Waals surface area contributed by atoms with Crippen LogP contribution in [-0.2, 0) is 6.54 Å². The van der Waals surface area contributed by atoms with Gasteiger partial charge in [-0.2, -0.15) is 0 Å². The molecule has 7 heteroatoms. The number of nitrogens with zero attached hydrogens (tertiary/aromatic N) is 2. The Labute approximate surface area is 125 Å². The van der Waals surface area contributed by atoms with E-state index in [0.717, 1.165) is 11.3 Å². The normalized spacial score (nSPS) is 10.6. The molecular formula is C13H13ClFN3OS. The lowest BCUT2D eigenvalue weighted by molar-refractivity contribution is 0.0788. The van der Waals surface area contributed by atoms with Crippen LogP contribution in [0.2, 0.25) is 5.02 Å². The fraction of sp³-hybridized carbons (Fsp3) is 0.231. The second-order valence-electron chi connectivity index (χ2n) is 4.33. The fourth-order valence-electron chi connectivity index (χ4n) is 1.78. The van der Waals surface area contributed by atoms with Gasteiger partial charge in [-0.1, -0.05) is 29.0 Å². The Kier molecular flexibility index (Phi) is 4.25. The third kappa shape index (κ3) is 2.91. The number of benzene rings is 1. The molecule has 0 aliphatic rings. The first-order chi connectivity index (χ1) is 9.40. The molecule has 0 radical (unpaired) electrons. The molecule has 0 saturated heterocycles. The van der Waals surface area contributed by atoms with Crippen LogP contribution in [0.5, 0.6) is 0 Å². The molecule has 0 saturated carbocycles. The molecule has 0 spiro atoms. The first-order valence-electron chi connectivity index (χ1n) is 5.81. The van der Waals surface area contributed by atoms with Gasteiger partial charge in [0, 0.05) is 17.6 Å². The van der Waals surface area contributed by atoms with Gasteiger partial charge in [0.25, 0.3) is 5.91 Å². The molecule has 4 nitrogen and oxygen atoms in total. The lowest BCUT2D eigenvalue weighted by atomic mass is 10.2. The molecule has 1 aromatic heterocycles. The molecule has 0 fully saturated rings. The van der Waals surface area contributed by atoms with E-state index in [2.05, 4.69) is 4.98 Å². The quantitative estimate of drug-likeness (QED) is 0.947. The molecule has 0 aliphatic carbocycles. The predicted molar refractivity (Wildman–Crippen MR) is 78.5 cm³/mol. The third-order valence-corrected chi connectivity index (χ3v) is 4.14. The highest BCUT2D eigenvalue weighted by atomic mass is 35.5. The Balaban J connectivity index is 2.22. The summed E-state index contributed by atoms with van der Waals surface area (Å²) >= 11 is 7.07. The molecule has 1 amide bonds. The van der Waals surface area contributed by atoms with Crippen LogP contribution in [-0.4, -0.2) is 22.8 Å². The van der Waals surface area contributed by atoms with Crippen molar-refractivity contribution in [3.05, 3.63) is 45.2 Å². The summed E-state index contributed by atoms with van der Waals surface area (Å²) in [5.41, 5.74) is 6.44. The van der Waals surface area contributed by atoms with Gasteiger partial charge in [-0.05, 0) is 19.1 Å². The van der Waals surface area contributed by atoms with Crippen molar-refractivity contribution < 1.29 is 9.18 Å². The number of carbonyl (C=O) groups is 1. The average Bonchev–Trinajstić information content (AvgIpc) is 2.72. The van der Waals surface area contributed by atoms with Gasteiger partial charge in [0.15, 0.2) is 5.13 Å². The van der Waals surface area contributed by atoms with Crippen LogP contribution in [0.3, 0.4) is 0 Å². The summed E-state index contributed by atoms with van der Waals surface area (Å²) in [6.45, 7) is 1.80. The van der Waals surface area contributed by atoms with E-state index < -0.39 is 5.82 Å². The number of amides is 1. The molecule has 0 aliphatic heterocycles. The summed E-state index contributed by atoms with van der Waals surface area (Å²) in [7, 11) is 1.58. The van der Waals surface area contributed by atoms with E-state index in [-0.39, 0.29) is 12.5 Å². The molecule has 106 valence electrons. The van der Waals surface area contributed by atoms with Crippen molar-refractivity contribution in [2.24, 2.45) is 0 Å². The van der Waals surface area contributed by atoms with Gasteiger partial charge in [0.2, 0.25) is 0 Å². The van der Waals surface area contributed by atoms with Gasteiger partial charge in [-0.3, -0.25) is 4.79 Å². The van der Waals surface area contributed by atoms with Crippen molar-refractivity contribution >= 4 is 34.0 Å². The highest BCUT2D eigenvalue weighted by Gasteiger charge is 2.20. The van der Waals surface area contributed by atoms with E-state index >= 15 is 0 Å². The highest BCUT2D eigenvalue weighted by molar-refractivity contribution is 7.17. The SMILES string of the molecule is Cc1nc(N)sc1C(=O)N(C)Cc1c(F)cccc1Cl. The van der Waals surface area contributed by atoms with Gasteiger partial charge >= 0.3 is 0 Å². The van der Waals surface area contributed by atoms with E-state index in [0.29, 0.717) is 26.3 Å². The molecule has 1 aromatic carbocycles. The summed E-state index contributed by atoms with van der Waals surface area (Å²) in [5, 5.41) is 0.633. The maximum atomic E-state index is 13.7. The standard InChI is InChI=1S/C13H13ClFN3OS/c1-7-11(20-13(16)17-7)12(19)18(2)6-8-9(14)4-3-5-10(8)15/h3-5H,6H2,1-2H3,(H2,16,17). The van der Waals surface area contributed by atoms with Crippen LogP contribution in [0.1, 0.15) is 20.9 Å². The van der Waals surface area contributed by atoms with E-state index in [1.807, 2.05) is 0 Å². The second kappa shape index (κ2) is 5.76. The number of halogens is 2. The molecule has 1 heterocycles. The maximum absolute atomic E-state index is 13.7. The minimum atomic E-state index is -0.433. The van der Waals surface area contributed by atoms with Gasteiger partial charge in [0.05, 0.1) is 12.2 Å². The number of aryl methyl sites for hydroxylation is 1. The van der Waals surface area contributed by atoms with Crippen molar-refractivity contribution in [3.63, 3.8) is 0 Å². The molecule has 20 heavy (non-hydrogen) atoms. The monoisotopic (exact) mass is 313 g/mol. The predicted octanol–water partition coefficient (Wildman–Crippen LogP) is 3.10. The van der Waals surface area contributed by atoms with Gasteiger partial charge in [0.1, 0.15) is 10.7 Å². The average molecular weight is 314 g/mol. The van der Waals surface area contributed by atoms with E-state index in [1.54, 1.807) is 20.0 Å². The van der Waals surface area contributed by atoms with Crippen molar-refractivity contribution in [1.29, 1.82) is 0 Å². The Bertz CT molecular complexity index is 639. The lowest BCUT2D eigenvalue weighted by Crippen LogP contribution is -2.26. The number of carbonyl (C=O) groups excluding carboxylic acids is 1. The van der Waals surface area contributed by atoms with Crippen LogP contribution in [0.25, 0.3) is 0 Å². The van der Waals surface area contributed by atoms with Crippen molar-refractivity contribution in [3.8, 4) is 0 Å². The number of aromatic nitrogens is 1. The minimum absolute atomic E-state index is 0.0849. The molecular weight excluding hydrogens is 301 g/mol. The van der Waals surface area contributed by atoms with Crippen molar-refractivity contribution in [2.45, 2.75) is 13.5 Å². The van der Waals surface area contributed by atoms with E-state index in [9.17, 15) is 9.18 Å². The molecule has 2 N–H and O–H groups in total. The van der Waals surface area contributed by atoms with Crippen molar-refractivity contribution in [2.75, 3.05) is 12.8 Å². The van der Waals surface area contributed by atoms with Crippen LogP contribution in [0.4, 0.5) is 9.52 Å². The largest absolute Gasteiger partial charge is 0.375 e. The Morgan fingerprint density at radius 3 is 2.80 bits per heavy atom. The van der Waals surface area contributed by atoms with Gasteiger partial charge in [-0.25, -0.2) is 9.37 Å².